The summed E-state index contributed by atoms with van der Waals surface area (Å²) < 4.78 is 6.75. The van der Waals surface area contributed by atoms with Crippen molar-refractivity contribution in [1.29, 1.82) is 0 Å². The number of hydrogen-bond donors (Lipinski definition) is 2. The summed E-state index contributed by atoms with van der Waals surface area (Å²) >= 11 is 3.43. The molecule has 2 heterocycles. The van der Waals surface area contributed by atoms with Gasteiger partial charge in [-0.3, -0.25) is 5.10 Å². The molecule has 0 saturated heterocycles. The fourth-order valence-corrected chi connectivity index (χ4v) is 2.11. The summed E-state index contributed by atoms with van der Waals surface area (Å²) in [7, 11) is 0. The van der Waals surface area contributed by atoms with Gasteiger partial charge in [-0.05, 0) is 30.3 Å². The van der Waals surface area contributed by atoms with Gasteiger partial charge in [-0.25, -0.2) is 0 Å². The van der Waals surface area contributed by atoms with Gasteiger partial charge in [0.25, 0.3) is 0 Å². The van der Waals surface area contributed by atoms with Gasteiger partial charge in [0.1, 0.15) is 11.3 Å². The number of nitrogens with one attached hydrogen (secondary N) is 1. The number of fused-ring (bicyclic) bond motifs is 1. The maximum absolute atomic E-state index is 5.72. The van der Waals surface area contributed by atoms with E-state index in [1.807, 2.05) is 30.3 Å². The summed E-state index contributed by atoms with van der Waals surface area (Å²) in [6, 6.07) is 9.76. The van der Waals surface area contributed by atoms with Crippen LogP contribution >= 0.6 is 15.9 Å². The highest BCUT2D eigenvalue weighted by atomic mass is 79.9. The Balaban J connectivity index is 2.11. The second-order valence-electron chi connectivity index (χ2n) is 3.78. The molecule has 3 rings (SSSR count). The fraction of sp³-hybridized carbons (Fsp3) is 0.0833. The molecule has 86 valence electrons. The van der Waals surface area contributed by atoms with E-state index in [-0.39, 0.29) is 0 Å². The number of furan rings is 1. The van der Waals surface area contributed by atoms with Crippen molar-refractivity contribution in [2.75, 3.05) is 0 Å². The normalized spacial score (nSPS) is 11.2. The van der Waals surface area contributed by atoms with Gasteiger partial charge < -0.3 is 10.2 Å². The molecule has 3 N–H and O–H groups in total. The molecule has 2 aromatic heterocycles. The van der Waals surface area contributed by atoms with Gasteiger partial charge in [-0.2, -0.15) is 5.10 Å². The number of aromatic amines is 1. The van der Waals surface area contributed by atoms with E-state index >= 15 is 0 Å². The number of aromatic nitrogens is 2. The quantitative estimate of drug-likeness (QED) is 0.762. The van der Waals surface area contributed by atoms with E-state index in [2.05, 4.69) is 26.1 Å². The molecule has 0 unspecified atom stereocenters. The predicted octanol–water partition coefficient (Wildman–Crippen LogP) is 3.04. The van der Waals surface area contributed by atoms with E-state index in [4.69, 9.17) is 10.2 Å². The van der Waals surface area contributed by atoms with E-state index in [1.54, 1.807) is 0 Å². The van der Waals surface area contributed by atoms with Gasteiger partial charge in [-0.15, -0.1) is 0 Å². The van der Waals surface area contributed by atoms with Crippen molar-refractivity contribution in [2.45, 2.75) is 6.54 Å². The third kappa shape index (κ3) is 1.87. The Kier molecular flexibility index (Phi) is 2.49. The molecule has 17 heavy (non-hydrogen) atoms. The number of nitrogens with zero attached hydrogens (tertiary/aromatic N) is 1. The van der Waals surface area contributed by atoms with Crippen LogP contribution in [0.2, 0.25) is 0 Å². The summed E-state index contributed by atoms with van der Waals surface area (Å²) in [5, 5.41) is 8.08. The minimum absolute atomic E-state index is 0.443. The first-order valence-electron chi connectivity index (χ1n) is 5.20. The highest BCUT2D eigenvalue weighted by Gasteiger charge is 2.09. The van der Waals surface area contributed by atoms with E-state index in [1.165, 1.54) is 0 Å². The molecule has 0 amide bonds. The number of benzene rings is 1. The number of rotatable bonds is 2. The van der Waals surface area contributed by atoms with Crippen LogP contribution < -0.4 is 5.73 Å². The van der Waals surface area contributed by atoms with Gasteiger partial charge in [0, 0.05) is 22.1 Å². The Morgan fingerprint density at radius 2 is 2.18 bits per heavy atom. The molecule has 3 aromatic rings. The van der Waals surface area contributed by atoms with Crippen LogP contribution in [0.15, 0.2) is 39.2 Å². The molecule has 0 radical (unpaired) electrons. The smallest absolute Gasteiger partial charge is 0.155 e. The van der Waals surface area contributed by atoms with Crippen LogP contribution in [-0.2, 0) is 6.54 Å². The zero-order chi connectivity index (χ0) is 11.8. The molecule has 0 bridgehead atoms. The number of halogens is 1. The van der Waals surface area contributed by atoms with Gasteiger partial charge in [0.2, 0.25) is 0 Å². The summed E-state index contributed by atoms with van der Waals surface area (Å²) in [5.74, 6) is 0.744. The molecule has 0 aliphatic heterocycles. The summed E-state index contributed by atoms with van der Waals surface area (Å²) in [4.78, 5) is 0. The first kappa shape index (κ1) is 10.6. The lowest BCUT2D eigenvalue weighted by Crippen LogP contribution is -1.95. The molecule has 0 aliphatic rings. The molecule has 0 spiro atoms. The highest BCUT2D eigenvalue weighted by molar-refractivity contribution is 9.10. The fourth-order valence-electron chi connectivity index (χ4n) is 1.73. The Morgan fingerprint density at radius 3 is 2.94 bits per heavy atom. The molecule has 0 atom stereocenters. The van der Waals surface area contributed by atoms with E-state index in [0.29, 0.717) is 6.54 Å². The van der Waals surface area contributed by atoms with Gasteiger partial charge >= 0.3 is 0 Å². The molecule has 4 nitrogen and oxygen atoms in total. The molecule has 1 aromatic carbocycles. The second kappa shape index (κ2) is 4.01. The van der Waals surface area contributed by atoms with Crippen molar-refractivity contribution < 1.29 is 4.42 Å². The largest absolute Gasteiger partial charge is 0.454 e. The van der Waals surface area contributed by atoms with E-state index in [9.17, 15) is 0 Å². The van der Waals surface area contributed by atoms with E-state index < -0.39 is 0 Å². The van der Waals surface area contributed by atoms with Crippen molar-refractivity contribution in [3.05, 3.63) is 40.5 Å². The zero-order valence-electron chi connectivity index (χ0n) is 8.90. The third-order valence-corrected chi connectivity index (χ3v) is 3.07. The van der Waals surface area contributed by atoms with Crippen molar-refractivity contribution in [2.24, 2.45) is 5.73 Å². The molecule has 5 heteroatoms. The molecule has 0 saturated carbocycles. The second-order valence-corrected chi connectivity index (χ2v) is 4.69. The van der Waals surface area contributed by atoms with Crippen LogP contribution in [0.1, 0.15) is 5.69 Å². The first-order chi connectivity index (χ1) is 8.26. The van der Waals surface area contributed by atoms with Gasteiger partial charge in [0.15, 0.2) is 5.76 Å². The van der Waals surface area contributed by atoms with Crippen LogP contribution in [0.5, 0.6) is 0 Å². The average Bonchev–Trinajstić information content (AvgIpc) is 2.93. The molecule has 0 aliphatic carbocycles. The van der Waals surface area contributed by atoms with Crippen LogP contribution in [0, 0.1) is 0 Å². The minimum Gasteiger partial charge on any atom is -0.454 e. The Morgan fingerprint density at radius 1 is 1.29 bits per heavy atom. The van der Waals surface area contributed by atoms with Crippen LogP contribution in [0.4, 0.5) is 0 Å². The predicted molar refractivity (Wildman–Crippen MR) is 69.4 cm³/mol. The summed E-state index contributed by atoms with van der Waals surface area (Å²) in [6.45, 7) is 0.443. The number of nitrogens with two attached hydrogens (primary N) is 1. The molecular weight excluding hydrogens is 282 g/mol. The molecular formula is C12H10BrN3O. The number of hydrogen-bond acceptors (Lipinski definition) is 3. The van der Waals surface area contributed by atoms with Crippen molar-refractivity contribution in [3.8, 4) is 11.5 Å². The lowest BCUT2D eigenvalue weighted by Gasteiger charge is -1.88. The standard InChI is InChI=1S/C12H10BrN3O/c13-8-1-2-11-7(3-8)4-12(17-11)10-5-9(6-14)15-16-10/h1-5H,6,14H2,(H,15,16). The zero-order valence-corrected chi connectivity index (χ0v) is 10.5. The van der Waals surface area contributed by atoms with Gasteiger partial charge in [0.05, 0.1) is 0 Å². The maximum atomic E-state index is 5.72. The third-order valence-electron chi connectivity index (χ3n) is 2.58. The highest BCUT2D eigenvalue weighted by Crippen LogP contribution is 2.28. The number of H-pyrrole nitrogens is 1. The van der Waals surface area contributed by atoms with Crippen LogP contribution in [0.25, 0.3) is 22.4 Å². The lowest BCUT2D eigenvalue weighted by atomic mass is 10.2. The van der Waals surface area contributed by atoms with Crippen LogP contribution in [-0.4, -0.2) is 10.2 Å². The monoisotopic (exact) mass is 291 g/mol. The Hall–Kier alpha value is -1.59. The maximum Gasteiger partial charge on any atom is 0.155 e. The van der Waals surface area contributed by atoms with Gasteiger partial charge in [-0.1, -0.05) is 15.9 Å². The molecule has 0 fully saturated rings. The SMILES string of the molecule is NCc1cc(-c2cc3cc(Br)ccc3o2)n[nH]1. The minimum atomic E-state index is 0.443. The van der Waals surface area contributed by atoms with Crippen molar-refractivity contribution in [3.63, 3.8) is 0 Å². The average molecular weight is 292 g/mol. The lowest BCUT2D eigenvalue weighted by molar-refractivity contribution is 0.628. The summed E-state index contributed by atoms with van der Waals surface area (Å²) in [5.41, 5.74) is 8.04. The topological polar surface area (TPSA) is 67.8 Å². The first-order valence-corrected chi connectivity index (χ1v) is 5.99. The van der Waals surface area contributed by atoms with E-state index in [0.717, 1.165) is 32.6 Å². The Labute approximate surface area is 106 Å². The van der Waals surface area contributed by atoms with Crippen LogP contribution in [0.3, 0.4) is 0 Å². The van der Waals surface area contributed by atoms with Crippen molar-refractivity contribution >= 4 is 26.9 Å². The van der Waals surface area contributed by atoms with Crippen molar-refractivity contribution in [1.82, 2.24) is 10.2 Å². The Bertz CT molecular complexity index is 671. The summed E-state index contributed by atoms with van der Waals surface area (Å²) in [6.07, 6.45) is 0.